The molecule has 4 rings (SSSR count). The van der Waals surface area contributed by atoms with E-state index in [0.29, 0.717) is 36.5 Å². The van der Waals surface area contributed by atoms with Gasteiger partial charge in [-0.25, -0.2) is 0 Å². The first-order chi connectivity index (χ1) is 13.1. The van der Waals surface area contributed by atoms with Crippen LogP contribution in [0.2, 0.25) is 0 Å². The summed E-state index contributed by atoms with van der Waals surface area (Å²) in [6.45, 7) is 2.95. The molecule has 8 heteroatoms. The van der Waals surface area contributed by atoms with Crippen LogP contribution in [0.25, 0.3) is 11.4 Å². The zero-order valence-corrected chi connectivity index (χ0v) is 15.3. The Morgan fingerprint density at radius 3 is 2.74 bits per heavy atom. The van der Waals surface area contributed by atoms with Crippen LogP contribution in [0.4, 0.5) is 0 Å². The first-order valence-electron chi connectivity index (χ1n) is 9.38. The molecule has 2 aliphatic rings. The van der Waals surface area contributed by atoms with Gasteiger partial charge >= 0.3 is 0 Å². The summed E-state index contributed by atoms with van der Waals surface area (Å²) in [5.74, 6) is 1.98. The number of nitrogens with zero attached hydrogens (tertiary/aromatic N) is 4. The summed E-state index contributed by atoms with van der Waals surface area (Å²) in [6.07, 6.45) is 6.40. The van der Waals surface area contributed by atoms with Crippen LogP contribution in [0, 0.1) is 11.8 Å². The largest absolute Gasteiger partial charge is 0.351 e. The highest BCUT2D eigenvalue weighted by atomic mass is 16.5. The Labute approximate surface area is 157 Å². The molecule has 27 heavy (non-hydrogen) atoms. The molecule has 1 aliphatic carbocycles. The highest BCUT2D eigenvalue weighted by molar-refractivity contribution is 5.77. The van der Waals surface area contributed by atoms with E-state index in [1.165, 1.54) is 12.8 Å². The van der Waals surface area contributed by atoms with Crippen molar-refractivity contribution >= 4 is 11.8 Å². The fraction of sp³-hybridized carbons (Fsp3) is 0.526. The number of nitrogens with one attached hydrogen (secondary N) is 1. The maximum Gasteiger partial charge on any atom is 0.227 e. The Bertz CT molecular complexity index is 818. The van der Waals surface area contributed by atoms with E-state index < -0.39 is 0 Å². The molecule has 142 valence electrons. The summed E-state index contributed by atoms with van der Waals surface area (Å²) in [7, 11) is 0. The van der Waals surface area contributed by atoms with E-state index in [1.807, 2.05) is 4.90 Å². The first kappa shape index (κ1) is 17.6. The number of hydrogen-bond donors (Lipinski definition) is 1. The van der Waals surface area contributed by atoms with Crippen LogP contribution < -0.4 is 5.32 Å². The van der Waals surface area contributed by atoms with Crippen molar-refractivity contribution in [3.05, 3.63) is 30.4 Å². The summed E-state index contributed by atoms with van der Waals surface area (Å²) < 4.78 is 5.24. The number of amides is 2. The van der Waals surface area contributed by atoms with Crippen molar-refractivity contribution in [2.45, 2.75) is 38.6 Å². The fourth-order valence-corrected chi connectivity index (χ4v) is 3.71. The smallest absolute Gasteiger partial charge is 0.227 e. The normalized spacial score (nSPS) is 22.0. The second kappa shape index (κ2) is 7.46. The van der Waals surface area contributed by atoms with Gasteiger partial charge in [-0.05, 0) is 30.9 Å². The van der Waals surface area contributed by atoms with Crippen LogP contribution in [0.5, 0.6) is 0 Å². The molecule has 2 amide bonds. The SMILES string of the molecule is CC(=O)N1C[C@H](NC(=O)CCc2nc(-c3ccncc3)no2)[C@@H](C2CC2)C1. The van der Waals surface area contributed by atoms with Gasteiger partial charge in [0.15, 0.2) is 0 Å². The first-order valence-corrected chi connectivity index (χ1v) is 9.38. The van der Waals surface area contributed by atoms with Gasteiger partial charge in [0, 0.05) is 56.7 Å². The Hall–Kier alpha value is -2.77. The van der Waals surface area contributed by atoms with E-state index in [1.54, 1.807) is 31.5 Å². The van der Waals surface area contributed by atoms with Gasteiger partial charge in [-0.1, -0.05) is 5.16 Å². The summed E-state index contributed by atoms with van der Waals surface area (Å²) in [5, 5.41) is 7.06. The lowest BCUT2D eigenvalue weighted by molar-refractivity contribution is -0.128. The average Bonchev–Trinajstić information content (AvgIpc) is 3.25. The van der Waals surface area contributed by atoms with E-state index in [0.717, 1.165) is 12.1 Å². The van der Waals surface area contributed by atoms with Crippen molar-refractivity contribution in [3.63, 3.8) is 0 Å². The average molecular weight is 369 g/mol. The molecule has 3 heterocycles. The van der Waals surface area contributed by atoms with Crippen LogP contribution in [-0.2, 0) is 16.0 Å². The number of carbonyl (C=O) groups excluding carboxylic acids is 2. The molecule has 1 saturated carbocycles. The van der Waals surface area contributed by atoms with Crippen LogP contribution in [0.3, 0.4) is 0 Å². The zero-order valence-electron chi connectivity index (χ0n) is 15.3. The maximum atomic E-state index is 12.4. The summed E-state index contributed by atoms with van der Waals surface area (Å²) in [5.41, 5.74) is 0.826. The molecular weight excluding hydrogens is 346 g/mol. The van der Waals surface area contributed by atoms with Crippen LogP contribution in [-0.4, -0.2) is 51.0 Å². The van der Waals surface area contributed by atoms with Gasteiger partial charge in [0.2, 0.25) is 23.5 Å². The lowest BCUT2D eigenvalue weighted by Crippen LogP contribution is -2.41. The minimum atomic E-state index is -0.0419. The van der Waals surface area contributed by atoms with Gasteiger partial charge in [-0.15, -0.1) is 0 Å². The zero-order chi connectivity index (χ0) is 18.8. The van der Waals surface area contributed by atoms with Crippen molar-refractivity contribution in [2.24, 2.45) is 11.8 Å². The van der Waals surface area contributed by atoms with Crippen LogP contribution >= 0.6 is 0 Å². The van der Waals surface area contributed by atoms with Crippen molar-refractivity contribution in [3.8, 4) is 11.4 Å². The van der Waals surface area contributed by atoms with Crippen LogP contribution in [0.1, 0.15) is 32.1 Å². The predicted octanol–water partition coefficient (Wildman–Crippen LogP) is 1.44. The van der Waals surface area contributed by atoms with E-state index in [9.17, 15) is 9.59 Å². The molecular formula is C19H23N5O3. The molecule has 0 spiro atoms. The minimum Gasteiger partial charge on any atom is -0.351 e. The van der Waals surface area contributed by atoms with Crippen molar-refractivity contribution in [2.75, 3.05) is 13.1 Å². The summed E-state index contributed by atoms with van der Waals surface area (Å²) in [6, 6.07) is 3.66. The summed E-state index contributed by atoms with van der Waals surface area (Å²) >= 11 is 0. The molecule has 0 bridgehead atoms. The number of aromatic nitrogens is 3. The molecule has 2 atom stereocenters. The Balaban J connectivity index is 1.31. The van der Waals surface area contributed by atoms with E-state index in [4.69, 9.17) is 4.52 Å². The molecule has 0 aromatic carbocycles. The minimum absolute atomic E-state index is 0.0419. The monoisotopic (exact) mass is 369 g/mol. The number of rotatable bonds is 6. The lowest BCUT2D eigenvalue weighted by atomic mass is 9.98. The van der Waals surface area contributed by atoms with E-state index in [2.05, 4.69) is 20.4 Å². The standard InChI is InChI=1S/C19H23N5O3/c1-12(25)24-10-15(13-2-3-13)16(11-24)21-17(26)4-5-18-22-19(23-27-18)14-6-8-20-9-7-14/h6-9,13,15-16H,2-5,10-11H2,1H3,(H,21,26)/t15-,16+/m1/s1. The molecule has 1 aliphatic heterocycles. The predicted molar refractivity (Wildman–Crippen MR) is 96.2 cm³/mol. The third-order valence-corrected chi connectivity index (χ3v) is 5.36. The highest BCUT2D eigenvalue weighted by Gasteiger charge is 2.43. The molecule has 0 radical (unpaired) electrons. The van der Waals surface area contributed by atoms with Crippen LogP contribution in [0.15, 0.2) is 29.0 Å². The van der Waals surface area contributed by atoms with Crippen molar-refractivity contribution in [1.29, 1.82) is 0 Å². The Morgan fingerprint density at radius 1 is 1.26 bits per heavy atom. The third-order valence-electron chi connectivity index (χ3n) is 5.36. The molecule has 0 unspecified atom stereocenters. The molecule has 1 saturated heterocycles. The van der Waals surface area contributed by atoms with E-state index >= 15 is 0 Å². The van der Waals surface area contributed by atoms with E-state index in [-0.39, 0.29) is 24.3 Å². The second-order valence-corrected chi connectivity index (χ2v) is 7.35. The molecule has 8 nitrogen and oxygen atoms in total. The fourth-order valence-electron chi connectivity index (χ4n) is 3.71. The third kappa shape index (κ3) is 4.15. The number of aryl methyl sites for hydroxylation is 1. The quantitative estimate of drug-likeness (QED) is 0.827. The van der Waals surface area contributed by atoms with Gasteiger partial charge in [0.1, 0.15) is 0 Å². The number of likely N-dealkylation sites (tertiary alicyclic amines) is 1. The Kier molecular flexibility index (Phi) is 4.87. The van der Waals surface area contributed by atoms with Gasteiger partial charge < -0.3 is 14.7 Å². The van der Waals surface area contributed by atoms with Gasteiger partial charge in [-0.3, -0.25) is 14.6 Å². The summed E-state index contributed by atoms with van der Waals surface area (Å²) in [4.78, 5) is 34.2. The van der Waals surface area contributed by atoms with Gasteiger partial charge in [-0.2, -0.15) is 4.98 Å². The molecule has 2 aromatic heterocycles. The Morgan fingerprint density at radius 2 is 2.04 bits per heavy atom. The highest BCUT2D eigenvalue weighted by Crippen LogP contribution is 2.41. The molecule has 2 fully saturated rings. The second-order valence-electron chi connectivity index (χ2n) is 7.35. The van der Waals surface area contributed by atoms with Gasteiger partial charge in [0.25, 0.3) is 0 Å². The lowest BCUT2D eigenvalue weighted by Gasteiger charge is -2.18. The maximum absolute atomic E-state index is 12.4. The number of carbonyl (C=O) groups is 2. The molecule has 1 N–H and O–H groups in total. The van der Waals surface area contributed by atoms with Crippen molar-refractivity contribution < 1.29 is 14.1 Å². The van der Waals surface area contributed by atoms with Crippen molar-refractivity contribution in [1.82, 2.24) is 25.3 Å². The number of hydrogen-bond acceptors (Lipinski definition) is 6. The topological polar surface area (TPSA) is 101 Å². The van der Waals surface area contributed by atoms with Gasteiger partial charge in [0.05, 0.1) is 6.04 Å². The number of pyridine rings is 1. The molecule has 2 aromatic rings.